The molecule has 0 aliphatic rings. The van der Waals surface area contributed by atoms with Crippen LogP contribution in [0.5, 0.6) is 0 Å². The number of hydrogen-bond acceptors (Lipinski definition) is 3. The lowest BCUT2D eigenvalue weighted by atomic mass is 9.97. The second-order valence-electron chi connectivity index (χ2n) is 6.03. The molecule has 0 N–H and O–H groups in total. The minimum absolute atomic E-state index is 0.173. The van der Waals surface area contributed by atoms with Crippen LogP contribution in [-0.2, 0) is 0 Å². The Bertz CT molecular complexity index is 1200. The van der Waals surface area contributed by atoms with Crippen LogP contribution in [-0.4, -0.2) is 9.55 Å². The Balaban J connectivity index is 2.02. The Kier molecular flexibility index (Phi) is 4.34. The van der Waals surface area contributed by atoms with Gasteiger partial charge in [0.25, 0.3) is 5.56 Å². The zero-order chi connectivity index (χ0) is 18.6. The molecule has 0 fully saturated rings. The molecule has 4 rings (SSSR count). The van der Waals surface area contributed by atoms with E-state index >= 15 is 0 Å². The maximum atomic E-state index is 12.4. The molecule has 128 valence electrons. The van der Waals surface area contributed by atoms with Crippen LogP contribution in [0.2, 0.25) is 0 Å². The summed E-state index contributed by atoms with van der Waals surface area (Å²) in [6, 6.07) is 26.4. The average Bonchev–Trinajstić information content (AvgIpc) is 2.74. The van der Waals surface area contributed by atoms with Crippen LogP contribution in [0.3, 0.4) is 0 Å². The second-order valence-corrected chi connectivity index (χ2v) is 6.03. The lowest BCUT2D eigenvalue weighted by Gasteiger charge is -2.14. The van der Waals surface area contributed by atoms with E-state index in [9.17, 15) is 10.1 Å². The molecule has 0 aliphatic carbocycles. The summed E-state index contributed by atoms with van der Waals surface area (Å²) >= 11 is 0. The maximum Gasteiger partial charge on any atom is 0.256 e. The van der Waals surface area contributed by atoms with Crippen molar-refractivity contribution in [3.05, 3.63) is 107 Å². The third kappa shape index (κ3) is 3.14. The van der Waals surface area contributed by atoms with Gasteiger partial charge in [0.1, 0.15) is 5.82 Å². The first-order valence-corrected chi connectivity index (χ1v) is 8.51. The van der Waals surface area contributed by atoms with E-state index in [-0.39, 0.29) is 5.56 Å². The van der Waals surface area contributed by atoms with Gasteiger partial charge in [-0.1, -0.05) is 54.6 Å². The molecule has 4 nitrogen and oxygen atoms in total. The van der Waals surface area contributed by atoms with Crippen LogP contribution >= 0.6 is 0 Å². The third-order valence-corrected chi connectivity index (χ3v) is 4.36. The van der Waals surface area contributed by atoms with Crippen molar-refractivity contribution in [2.45, 2.75) is 0 Å². The summed E-state index contributed by atoms with van der Waals surface area (Å²) in [6.07, 6.45) is 3.44. The number of hydrogen-bond donors (Lipinski definition) is 0. The van der Waals surface area contributed by atoms with E-state index in [1.807, 2.05) is 54.6 Å². The van der Waals surface area contributed by atoms with Gasteiger partial charge in [-0.25, -0.2) is 4.98 Å². The van der Waals surface area contributed by atoms with Gasteiger partial charge in [0.05, 0.1) is 11.6 Å². The van der Waals surface area contributed by atoms with Gasteiger partial charge in [-0.05, 0) is 23.8 Å². The smallest absolute Gasteiger partial charge is 0.256 e. The standard InChI is InChI=1S/C23H15N3O/c24-15-18-10-4-5-11-20(18)21-14-19(17-8-2-1-3-9-17)16-25-23(21)26-13-7-6-12-22(26)27/h1-14,16H. The first-order valence-electron chi connectivity index (χ1n) is 8.51. The van der Waals surface area contributed by atoms with Gasteiger partial charge in [-0.3, -0.25) is 9.36 Å². The van der Waals surface area contributed by atoms with Gasteiger partial charge in [-0.15, -0.1) is 0 Å². The first-order chi connectivity index (χ1) is 13.3. The fourth-order valence-corrected chi connectivity index (χ4v) is 3.05. The van der Waals surface area contributed by atoms with E-state index in [2.05, 4.69) is 11.1 Å². The molecule has 4 aromatic rings. The summed E-state index contributed by atoms with van der Waals surface area (Å²) in [5.74, 6) is 0.503. The fourth-order valence-electron chi connectivity index (χ4n) is 3.05. The van der Waals surface area contributed by atoms with E-state index in [1.54, 1.807) is 30.6 Å². The van der Waals surface area contributed by atoms with Crippen molar-refractivity contribution in [2.75, 3.05) is 0 Å². The molecule has 27 heavy (non-hydrogen) atoms. The number of benzene rings is 2. The highest BCUT2D eigenvalue weighted by molar-refractivity contribution is 5.80. The van der Waals surface area contributed by atoms with Crippen molar-refractivity contribution in [1.29, 1.82) is 5.26 Å². The van der Waals surface area contributed by atoms with Gasteiger partial charge < -0.3 is 0 Å². The fraction of sp³-hybridized carbons (Fsp3) is 0. The van der Waals surface area contributed by atoms with Gasteiger partial charge in [0.2, 0.25) is 0 Å². The molecule has 0 amide bonds. The molecule has 0 spiro atoms. The number of nitriles is 1. The Morgan fingerprint density at radius 3 is 2.33 bits per heavy atom. The van der Waals surface area contributed by atoms with Gasteiger partial charge in [0, 0.05) is 35.2 Å². The number of aromatic nitrogens is 2. The van der Waals surface area contributed by atoms with E-state index in [4.69, 9.17) is 0 Å². The molecule has 4 heteroatoms. The molecule has 0 aliphatic heterocycles. The first kappa shape index (κ1) is 16.5. The van der Waals surface area contributed by atoms with Crippen molar-refractivity contribution in [3.63, 3.8) is 0 Å². The van der Waals surface area contributed by atoms with Gasteiger partial charge in [-0.2, -0.15) is 5.26 Å². The lowest BCUT2D eigenvalue weighted by molar-refractivity contribution is 0.944. The zero-order valence-electron chi connectivity index (χ0n) is 14.4. The highest BCUT2D eigenvalue weighted by Gasteiger charge is 2.14. The summed E-state index contributed by atoms with van der Waals surface area (Å²) < 4.78 is 1.50. The predicted octanol–water partition coefficient (Wildman–Crippen LogP) is 4.44. The van der Waals surface area contributed by atoms with Crippen LogP contribution in [0.25, 0.3) is 28.1 Å². The molecule has 0 saturated heterocycles. The largest absolute Gasteiger partial charge is 0.269 e. The molecular formula is C23H15N3O. The summed E-state index contributed by atoms with van der Waals surface area (Å²) in [5, 5.41) is 9.54. The van der Waals surface area contributed by atoms with Crippen LogP contribution in [0.15, 0.2) is 96.1 Å². The average molecular weight is 349 g/mol. The summed E-state index contributed by atoms with van der Waals surface area (Å²) in [7, 11) is 0. The van der Waals surface area contributed by atoms with Crippen molar-refractivity contribution >= 4 is 0 Å². The molecule has 2 aromatic heterocycles. The van der Waals surface area contributed by atoms with Gasteiger partial charge >= 0.3 is 0 Å². The third-order valence-electron chi connectivity index (χ3n) is 4.36. The molecule has 0 atom stereocenters. The Morgan fingerprint density at radius 2 is 1.56 bits per heavy atom. The molecule has 2 aromatic carbocycles. The normalized spacial score (nSPS) is 10.3. The van der Waals surface area contributed by atoms with Gasteiger partial charge in [0.15, 0.2) is 0 Å². The quantitative estimate of drug-likeness (QED) is 0.549. The van der Waals surface area contributed by atoms with Crippen LogP contribution < -0.4 is 5.56 Å². The molecule has 0 saturated carbocycles. The topological polar surface area (TPSA) is 58.7 Å². The molecule has 2 heterocycles. The predicted molar refractivity (Wildman–Crippen MR) is 105 cm³/mol. The number of rotatable bonds is 3. The van der Waals surface area contributed by atoms with Crippen molar-refractivity contribution in [2.24, 2.45) is 0 Å². The van der Waals surface area contributed by atoms with Crippen LogP contribution in [0, 0.1) is 11.3 Å². The molecular weight excluding hydrogens is 334 g/mol. The minimum Gasteiger partial charge on any atom is -0.269 e. The van der Waals surface area contributed by atoms with E-state index < -0.39 is 0 Å². The van der Waals surface area contributed by atoms with E-state index in [0.29, 0.717) is 11.4 Å². The molecule has 0 unspecified atom stereocenters. The van der Waals surface area contributed by atoms with E-state index in [0.717, 1.165) is 22.3 Å². The zero-order valence-corrected chi connectivity index (χ0v) is 14.4. The number of pyridine rings is 2. The maximum absolute atomic E-state index is 12.4. The van der Waals surface area contributed by atoms with Crippen LogP contribution in [0.4, 0.5) is 0 Å². The van der Waals surface area contributed by atoms with Crippen molar-refractivity contribution in [1.82, 2.24) is 9.55 Å². The summed E-state index contributed by atoms with van der Waals surface area (Å²) in [6.45, 7) is 0. The molecule has 0 bridgehead atoms. The SMILES string of the molecule is N#Cc1ccccc1-c1cc(-c2ccccc2)cnc1-n1ccccc1=O. The Labute approximate surface area is 156 Å². The van der Waals surface area contributed by atoms with Crippen molar-refractivity contribution < 1.29 is 0 Å². The minimum atomic E-state index is -0.173. The summed E-state index contributed by atoms with van der Waals surface area (Å²) in [5.41, 5.74) is 3.79. The van der Waals surface area contributed by atoms with E-state index in [1.165, 1.54) is 10.6 Å². The Morgan fingerprint density at radius 1 is 0.815 bits per heavy atom. The second kappa shape index (κ2) is 7.11. The van der Waals surface area contributed by atoms with Crippen molar-refractivity contribution in [3.8, 4) is 34.1 Å². The van der Waals surface area contributed by atoms with Crippen LogP contribution in [0.1, 0.15) is 5.56 Å². The lowest BCUT2D eigenvalue weighted by Crippen LogP contribution is -2.17. The monoisotopic (exact) mass is 349 g/mol. The Hall–Kier alpha value is -3.97. The summed E-state index contributed by atoms with van der Waals surface area (Å²) in [4.78, 5) is 17.0. The highest BCUT2D eigenvalue weighted by atomic mass is 16.1. The molecule has 0 radical (unpaired) electrons. The highest BCUT2D eigenvalue weighted by Crippen LogP contribution is 2.31. The number of nitrogens with zero attached hydrogens (tertiary/aromatic N) is 3.